The third-order valence-corrected chi connectivity index (χ3v) is 3.56. The van der Waals surface area contributed by atoms with Crippen LogP contribution in [0.1, 0.15) is 23.1 Å². The molecule has 4 heteroatoms. The molecule has 20 heavy (non-hydrogen) atoms. The standard InChI is InChI=1S/C16H17N3O/c1-11-7-13(19(2)18-11)8-16(20)15-10-17-9-12-5-3-4-6-14(12)15/h3-7,9-10,16,20H,8H2,1-2H3. The summed E-state index contributed by atoms with van der Waals surface area (Å²) in [6, 6.07) is 9.98. The monoisotopic (exact) mass is 267 g/mol. The van der Waals surface area contributed by atoms with Crippen LogP contribution in [0.3, 0.4) is 0 Å². The first-order valence-corrected chi connectivity index (χ1v) is 6.65. The summed E-state index contributed by atoms with van der Waals surface area (Å²) >= 11 is 0. The first-order chi connectivity index (χ1) is 9.65. The summed E-state index contributed by atoms with van der Waals surface area (Å²) in [4.78, 5) is 4.22. The second-order valence-corrected chi connectivity index (χ2v) is 5.07. The Balaban J connectivity index is 1.96. The van der Waals surface area contributed by atoms with E-state index in [0.717, 1.165) is 27.7 Å². The Morgan fingerprint density at radius 2 is 2.05 bits per heavy atom. The van der Waals surface area contributed by atoms with E-state index in [1.807, 2.05) is 55.2 Å². The van der Waals surface area contributed by atoms with Crippen LogP contribution in [-0.4, -0.2) is 19.9 Å². The molecule has 0 radical (unpaired) electrons. The predicted octanol–water partition coefficient (Wildman–Crippen LogP) is 2.55. The Kier molecular flexibility index (Phi) is 3.24. The van der Waals surface area contributed by atoms with Crippen molar-refractivity contribution in [3.05, 3.63) is 59.7 Å². The molecule has 1 N–H and O–H groups in total. The molecule has 0 amide bonds. The smallest absolute Gasteiger partial charge is 0.0866 e. The average molecular weight is 267 g/mol. The molecule has 0 aliphatic heterocycles. The largest absolute Gasteiger partial charge is 0.388 e. The number of pyridine rings is 1. The number of hydrogen-bond donors (Lipinski definition) is 1. The minimum absolute atomic E-state index is 0.535. The van der Waals surface area contributed by atoms with E-state index in [2.05, 4.69) is 10.1 Å². The molecule has 2 aromatic heterocycles. The molecule has 0 spiro atoms. The molecular weight excluding hydrogens is 250 g/mol. The molecule has 1 aromatic carbocycles. The third kappa shape index (κ3) is 2.30. The zero-order valence-electron chi connectivity index (χ0n) is 11.6. The van der Waals surface area contributed by atoms with E-state index >= 15 is 0 Å². The van der Waals surface area contributed by atoms with Crippen molar-refractivity contribution >= 4 is 10.8 Å². The van der Waals surface area contributed by atoms with Crippen LogP contribution in [0.15, 0.2) is 42.7 Å². The van der Waals surface area contributed by atoms with Gasteiger partial charge < -0.3 is 5.11 Å². The van der Waals surface area contributed by atoms with Crippen LogP contribution >= 0.6 is 0 Å². The summed E-state index contributed by atoms with van der Waals surface area (Å²) in [5.74, 6) is 0. The summed E-state index contributed by atoms with van der Waals surface area (Å²) in [5, 5.41) is 16.9. The molecule has 3 rings (SSSR count). The SMILES string of the molecule is Cc1cc(CC(O)c2cncc3ccccc23)n(C)n1. The van der Waals surface area contributed by atoms with Crippen LogP contribution in [0.2, 0.25) is 0 Å². The third-order valence-electron chi connectivity index (χ3n) is 3.56. The van der Waals surface area contributed by atoms with E-state index in [4.69, 9.17) is 0 Å². The van der Waals surface area contributed by atoms with Crippen molar-refractivity contribution in [1.82, 2.24) is 14.8 Å². The van der Waals surface area contributed by atoms with Gasteiger partial charge in [-0.1, -0.05) is 24.3 Å². The maximum absolute atomic E-state index is 10.5. The quantitative estimate of drug-likeness (QED) is 0.793. The molecule has 102 valence electrons. The van der Waals surface area contributed by atoms with Gasteiger partial charge in [0.05, 0.1) is 11.8 Å². The van der Waals surface area contributed by atoms with Crippen LogP contribution in [0.4, 0.5) is 0 Å². The van der Waals surface area contributed by atoms with Crippen molar-refractivity contribution in [1.29, 1.82) is 0 Å². The Hall–Kier alpha value is -2.20. The van der Waals surface area contributed by atoms with Gasteiger partial charge in [-0.15, -0.1) is 0 Å². The number of benzene rings is 1. The highest BCUT2D eigenvalue weighted by molar-refractivity contribution is 5.84. The van der Waals surface area contributed by atoms with Gasteiger partial charge in [0.1, 0.15) is 0 Å². The molecule has 1 atom stereocenters. The molecule has 0 saturated carbocycles. The van der Waals surface area contributed by atoms with E-state index in [-0.39, 0.29) is 0 Å². The molecule has 0 aliphatic rings. The highest BCUT2D eigenvalue weighted by Gasteiger charge is 2.14. The zero-order valence-corrected chi connectivity index (χ0v) is 11.6. The second-order valence-electron chi connectivity index (χ2n) is 5.07. The van der Waals surface area contributed by atoms with Gasteiger partial charge in [-0.25, -0.2) is 0 Å². The van der Waals surface area contributed by atoms with Crippen molar-refractivity contribution in [3.63, 3.8) is 0 Å². The fourth-order valence-electron chi connectivity index (χ4n) is 2.57. The Morgan fingerprint density at radius 3 is 2.80 bits per heavy atom. The topological polar surface area (TPSA) is 50.9 Å². The van der Waals surface area contributed by atoms with E-state index < -0.39 is 6.10 Å². The zero-order chi connectivity index (χ0) is 14.1. The molecule has 0 saturated heterocycles. The van der Waals surface area contributed by atoms with Crippen LogP contribution in [-0.2, 0) is 13.5 Å². The van der Waals surface area contributed by atoms with Crippen molar-refractivity contribution in [2.45, 2.75) is 19.4 Å². The lowest BCUT2D eigenvalue weighted by Gasteiger charge is -2.13. The number of nitrogens with zero attached hydrogens (tertiary/aromatic N) is 3. The molecule has 3 aromatic rings. The number of fused-ring (bicyclic) bond motifs is 1. The normalized spacial score (nSPS) is 12.8. The van der Waals surface area contributed by atoms with Gasteiger partial charge in [-0.3, -0.25) is 9.67 Å². The van der Waals surface area contributed by atoms with Gasteiger partial charge in [0.2, 0.25) is 0 Å². The first-order valence-electron chi connectivity index (χ1n) is 6.65. The maximum atomic E-state index is 10.5. The molecular formula is C16H17N3O. The molecule has 0 aliphatic carbocycles. The molecule has 0 bridgehead atoms. The molecule has 4 nitrogen and oxygen atoms in total. The lowest BCUT2D eigenvalue weighted by Crippen LogP contribution is -2.07. The van der Waals surface area contributed by atoms with Gasteiger partial charge in [-0.2, -0.15) is 5.10 Å². The minimum atomic E-state index is -0.580. The van der Waals surface area contributed by atoms with Crippen molar-refractivity contribution in [3.8, 4) is 0 Å². The molecule has 1 unspecified atom stereocenters. The van der Waals surface area contributed by atoms with Gasteiger partial charge in [0, 0.05) is 42.5 Å². The van der Waals surface area contributed by atoms with Gasteiger partial charge >= 0.3 is 0 Å². The van der Waals surface area contributed by atoms with Gasteiger partial charge in [0.15, 0.2) is 0 Å². The highest BCUT2D eigenvalue weighted by atomic mass is 16.3. The van der Waals surface area contributed by atoms with Crippen LogP contribution in [0, 0.1) is 6.92 Å². The Labute approximate surface area is 117 Å². The number of aliphatic hydroxyl groups is 1. The van der Waals surface area contributed by atoms with E-state index in [0.29, 0.717) is 6.42 Å². The lowest BCUT2D eigenvalue weighted by atomic mass is 10.0. The summed E-state index contributed by atoms with van der Waals surface area (Å²) < 4.78 is 1.82. The second kappa shape index (κ2) is 5.06. The summed E-state index contributed by atoms with van der Waals surface area (Å²) in [5.41, 5.74) is 2.84. The Morgan fingerprint density at radius 1 is 1.25 bits per heavy atom. The van der Waals surface area contributed by atoms with E-state index in [1.54, 1.807) is 6.20 Å². The van der Waals surface area contributed by atoms with Crippen LogP contribution in [0.25, 0.3) is 10.8 Å². The van der Waals surface area contributed by atoms with Gasteiger partial charge in [0.25, 0.3) is 0 Å². The van der Waals surface area contributed by atoms with Crippen LogP contribution in [0.5, 0.6) is 0 Å². The number of rotatable bonds is 3. The van der Waals surface area contributed by atoms with Gasteiger partial charge in [-0.05, 0) is 18.4 Å². The molecule has 0 fully saturated rings. The fourth-order valence-corrected chi connectivity index (χ4v) is 2.57. The van der Waals surface area contributed by atoms with E-state index in [9.17, 15) is 5.11 Å². The van der Waals surface area contributed by atoms with Crippen LogP contribution < -0.4 is 0 Å². The van der Waals surface area contributed by atoms with Crippen molar-refractivity contribution in [2.24, 2.45) is 7.05 Å². The fraction of sp³-hybridized carbons (Fsp3) is 0.250. The summed E-state index contributed by atoms with van der Waals surface area (Å²) in [6.07, 6.45) is 3.52. The first kappa shape index (κ1) is 12.8. The molecule has 2 heterocycles. The Bertz CT molecular complexity index is 743. The number of aliphatic hydroxyl groups excluding tert-OH is 1. The number of aromatic nitrogens is 3. The van der Waals surface area contributed by atoms with Crippen molar-refractivity contribution in [2.75, 3.05) is 0 Å². The summed E-state index contributed by atoms with van der Waals surface area (Å²) in [7, 11) is 1.90. The number of hydrogen-bond acceptors (Lipinski definition) is 3. The minimum Gasteiger partial charge on any atom is -0.388 e. The van der Waals surface area contributed by atoms with E-state index in [1.165, 1.54) is 0 Å². The summed E-state index contributed by atoms with van der Waals surface area (Å²) in [6.45, 7) is 1.95. The average Bonchev–Trinajstić information content (AvgIpc) is 2.76. The predicted molar refractivity (Wildman–Crippen MR) is 78.4 cm³/mol. The van der Waals surface area contributed by atoms with Crippen molar-refractivity contribution < 1.29 is 5.11 Å². The lowest BCUT2D eigenvalue weighted by molar-refractivity contribution is 0.177. The number of aryl methyl sites for hydroxylation is 2. The maximum Gasteiger partial charge on any atom is 0.0866 e. The highest BCUT2D eigenvalue weighted by Crippen LogP contribution is 2.25.